The van der Waals surface area contributed by atoms with Crippen LogP contribution in [0, 0.1) is 0 Å². The first kappa shape index (κ1) is 13.2. The van der Waals surface area contributed by atoms with Gasteiger partial charge in [-0.25, -0.2) is 0 Å². The number of amidine groups is 1. The Morgan fingerprint density at radius 1 is 1.59 bits per heavy atom. The van der Waals surface area contributed by atoms with E-state index < -0.39 is 5.54 Å². The Bertz CT molecular complexity index is 419. The van der Waals surface area contributed by atoms with Crippen molar-refractivity contribution in [2.24, 2.45) is 10.9 Å². The fraction of sp³-hybridized carbons (Fsp3) is 0.500. The molecule has 0 bridgehead atoms. The van der Waals surface area contributed by atoms with Crippen LogP contribution in [0.2, 0.25) is 0 Å². The summed E-state index contributed by atoms with van der Waals surface area (Å²) < 4.78 is 0. The third-order valence-corrected chi connectivity index (χ3v) is 2.70. The number of anilines is 1. The summed E-state index contributed by atoms with van der Waals surface area (Å²) in [7, 11) is 1.76. The molecule has 7 nitrogen and oxygen atoms in total. The second kappa shape index (κ2) is 4.96. The quantitative estimate of drug-likeness (QED) is 0.290. The van der Waals surface area contributed by atoms with Crippen LogP contribution in [0.3, 0.4) is 0 Å². The summed E-state index contributed by atoms with van der Waals surface area (Å²) in [6, 6.07) is 1.60. The highest BCUT2D eigenvalue weighted by atomic mass is 16.4. The van der Waals surface area contributed by atoms with E-state index in [0.29, 0.717) is 11.4 Å². The fourth-order valence-electron chi connectivity index (χ4n) is 1.22. The highest BCUT2D eigenvalue weighted by Crippen LogP contribution is 2.22. The summed E-state index contributed by atoms with van der Waals surface area (Å²) in [5.74, 6) is 0.400. The van der Waals surface area contributed by atoms with Crippen molar-refractivity contribution in [1.82, 2.24) is 10.2 Å². The Balaban J connectivity index is 3.23. The molecule has 0 aliphatic carbocycles. The molecule has 1 aromatic rings. The highest BCUT2D eigenvalue weighted by molar-refractivity contribution is 6.01. The Kier molecular flexibility index (Phi) is 3.84. The molecule has 0 atom stereocenters. The number of likely N-dealkylation sites (N-methyl/N-ethyl adjacent to an activating group) is 1. The van der Waals surface area contributed by atoms with Gasteiger partial charge in [0, 0.05) is 7.05 Å². The van der Waals surface area contributed by atoms with E-state index in [4.69, 9.17) is 10.9 Å². The molecule has 1 heterocycles. The topological polar surface area (TPSA) is 108 Å². The second-order valence-corrected chi connectivity index (χ2v) is 4.28. The number of nitrogens with two attached hydrogens (primary N) is 1. The lowest BCUT2D eigenvalue weighted by Gasteiger charge is -2.35. The first-order chi connectivity index (χ1) is 7.94. The van der Waals surface area contributed by atoms with Gasteiger partial charge in [0.25, 0.3) is 0 Å². The number of rotatable bonds is 4. The molecule has 1 rings (SSSR count). The summed E-state index contributed by atoms with van der Waals surface area (Å²) in [5, 5.41) is 28.7. The SMILES string of the molecule is CN(c1nnccc1/C(N)=N/O)C(C)(C)CO. The van der Waals surface area contributed by atoms with E-state index in [9.17, 15) is 5.11 Å². The van der Waals surface area contributed by atoms with Crippen LogP contribution >= 0.6 is 0 Å². The standard InChI is InChI=1S/C10H17N5O2/c1-10(2,6-16)15(3)9-7(8(11)14-17)4-5-12-13-9/h4-5,16-17H,6H2,1-3H3,(H2,11,14). The van der Waals surface area contributed by atoms with Crippen molar-refractivity contribution in [1.29, 1.82) is 0 Å². The van der Waals surface area contributed by atoms with Gasteiger partial charge in [0.2, 0.25) is 0 Å². The van der Waals surface area contributed by atoms with Gasteiger partial charge >= 0.3 is 0 Å². The predicted octanol–water partition coefficient (Wildman–Crippen LogP) is -0.222. The molecular formula is C10H17N5O2. The van der Waals surface area contributed by atoms with Crippen LogP contribution in [0.25, 0.3) is 0 Å². The number of oxime groups is 1. The Morgan fingerprint density at radius 2 is 2.24 bits per heavy atom. The van der Waals surface area contributed by atoms with Crippen molar-refractivity contribution in [3.8, 4) is 0 Å². The number of hydrogen-bond donors (Lipinski definition) is 3. The molecule has 0 aromatic carbocycles. The smallest absolute Gasteiger partial charge is 0.173 e. The number of aliphatic hydroxyl groups excluding tert-OH is 1. The Labute approximate surface area is 99.6 Å². The van der Waals surface area contributed by atoms with Gasteiger partial charge in [-0.1, -0.05) is 5.16 Å². The molecular weight excluding hydrogens is 222 g/mol. The lowest BCUT2D eigenvalue weighted by Crippen LogP contribution is -2.45. The van der Waals surface area contributed by atoms with Crippen molar-refractivity contribution in [2.45, 2.75) is 19.4 Å². The molecule has 0 aliphatic rings. The molecule has 0 aliphatic heterocycles. The van der Waals surface area contributed by atoms with Crippen LogP contribution < -0.4 is 10.6 Å². The van der Waals surface area contributed by atoms with Crippen LogP contribution in [0.5, 0.6) is 0 Å². The van der Waals surface area contributed by atoms with Crippen molar-refractivity contribution in [2.75, 3.05) is 18.6 Å². The molecule has 4 N–H and O–H groups in total. The summed E-state index contributed by atoms with van der Waals surface area (Å²) in [6.45, 7) is 3.63. The lowest BCUT2D eigenvalue weighted by molar-refractivity contribution is 0.215. The lowest BCUT2D eigenvalue weighted by atomic mass is 10.0. The first-order valence-electron chi connectivity index (χ1n) is 5.08. The minimum absolute atomic E-state index is 0.0458. The van der Waals surface area contributed by atoms with Crippen molar-refractivity contribution >= 4 is 11.7 Å². The van der Waals surface area contributed by atoms with Gasteiger partial charge in [0.1, 0.15) is 0 Å². The van der Waals surface area contributed by atoms with Crippen molar-refractivity contribution in [3.63, 3.8) is 0 Å². The van der Waals surface area contributed by atoms with Gasteiger partial charge in [-0.3, -0.25) is 0 Å². The van der Waals surface area contributed by atoms with E-state index in [1.165, 1.54) is 6.20 Å². The van der Waals surface area contributed by atoms with Gasteiger partial charge < -0.3 is 20.9 Å². The molecule has 0 amide bonds. The van der Waals surface area contributed by atoms with Crippen LogP contribution in [0.15, 0.2) is 17.4 Å². The molecule has 0 unspecified atom stereocenters. The second-order valence-electron chi connectivity index (χ2n) is 4.28. The zero-order valence-corrected chi connectivity index (χ0v) is 10.1. The summed E-state index contributed by atoms with van der Waals surface area (Å²) in [4.78, 5) is 1.73. The number of aliphatic hydroxyl groups is 1. The molecule has 0 saturated heterocycles. The summed E-state index contributed by atoms with van der Waals surface area (Å²) in [5.41, 5.74) is 5.50. The predicted molar refractivity (Wildman–Crippen MR) is 64.1 cm³/mol. The first-order valence-corrected chi connectivity index (χ1v) is 5.08. The minimum Gasteiger partial charge on any atom is -0.409 e. The van der Waals surface area contributed by atoms with E-state index in [2.05, 4.69) is 15.4 Å². The zero-order valence-electron chi connectivity index (χ0n) is 10.1. The molecule has 0 fully saturated rings. The van der Waals surface area contributed by atoms with Crippen LogP contribution in [-0.4, -0.2) is 45.5 Å². The molecule has 0 spiro atoms. The molecule has 17 heavy (non-hydrogen) atoms. The average molecular weight is 239 g/mol. The number of hydrogen-bond acceptors (Lipinski definition) is 6. The van der Waals surface area contributed by atoms with Crippen molar-refractivity contribution < 1.29 is 10.3 Å². The maximum absolute atomic E-state index is 9.31. The Morgan fingerprint density at radius 3 is 2.76 bits per heavy atom. The van der Waals surface area contributed by atoms with Gasteiger partial charge in [-0.05, 0) is 19.9 Å². The summed E-state index contributed by atoms with van der Waals surface area (Å²) >= 11 is 0. The maximum atomic E-state index is 9.31. The minimum atomic E-state index is -0.527. The molecule has 7 heteroatoms. The molecule has 94 valence electrons. The van der Waals surface area contributed by atoms with Crippen molar-refractivity contribution in [3.05, 3.63) is 17.8 Å². The van der Waals surface area contributed by atoms with E-state index in [1.54, 1.807) is 18.0 Å². The van der Waals surface area contributed by atoms with Crippen LogP contribution in [0.4, 0.5) is 5.82 Å². The van der Waals surface area contributed by atoms with E-state index in [-0.39, 0.29) is 12.4 Å². The number of aromatic nitrogens is 2. The summed E-state index contributed by atoms with van der Waals surface area (Å²) in [6.07, 6.45) is 1.46. The van der Waals surface area contributed by atoms with Gasteiger partial charge in [-0.15, -0.1) is 5.10 Å². The zero-order chi connectivity index (χ0) is 13.1. The van der Waals surface area contributed by atoms with E-state index in [0.717, 1.165) is 0 Å². The maximum Gasteiger partial charge on any atom is 0.173 e. The Hall–Kier alpha value is -1.89. The number of nitrogens with zero attached hydrogens (tertiary/aromatic N) is 4. The van der Waals surface area contributed by atoms with Gasteiger partial charge in [-0.2, -0.15) is 5.10 Å². The van der Waals surface area contributed by atoms with Crippen LogP contribution in [0.1, 0.15) is 19.4 Å². The van der Waals surface area contributed by atoms with E-state index >= 15 is 0 Å². The van der Waals surface area contributed by atoms with Gasteiger partial charge in [0.15, 0.2) is 11.7 Å². The average Bonchev–Trinajstić information content (AvgIpc) is 2.36. The van der Waals surface area contributed by atoms with E-state index in [1.807, 2.05) is 13.8 Å². The highest BCUT2D eigenvalue weighted by Gasteiger charge is 2.26. The van der Waals surface area contributed by atoms with Crippen LogP contribution in [-0.2, 0) is 0 Å². The third kappa shape index (κ3) is 2.62. The molecule has 1 aromatic heterocycles. The third-order valence-electron chi connectivity index (χ3n) is 2.70. The molecule has 0 saturated carbocycles. The van der Waals surface area contributed by atoms with Gasteiger partial charge in [0.05, 0.1) is 23.9 Å². The molecule has 0 radical (unpaired) electrons. The monoisotopic (exact) mass is 239 g/mol. The normalized spacial score (nSPS) is 12.6. The fourth-order valence-corrected chi connectivity index (χ4v) is 1.22. The largest absolute Gasteiger partial charge is 0.409 e.